The molecule has 1 aromatic rings. The Bertz CT molecular complexity index is 464. The summed E-state index contributed by atoms with van der Waals surface area (Å²) in [6.07, 6.45) is 8.45. The molecule has 2 aliphatic rings. The summed E-state index contributed by atoms with van der Waals surface area (Å²) < 4.78 is 0. The van der Waals surface area contributed by atoms with E-state index in [1.165, 1.54) is 57.2 Å². The van der Waals surface area contributed by atoms with Gasteiger partial charge in [-0.3, -0.25) is 4.90 Å². The summed E-state index contributed by atoms with van der Waals surface area (Å²) in [5, 5.41) is 8.90. The number of carboxylic acids is 1. The van der Waals surface area contributed by atoms with E-state index in [0.29, 0.717) is 11.0 Å². The lowest BCUT2D eigenvalue weighted by molar-refractivity contribution is -0.0176. The summed E-state index contributed by atoms with van der Waals surface area (Å²) in [5.74, 6) is -0.849. The molecule has 1 saturated heterocycles. The lowest BCUT2D eigenvalue weighted by atomic mass is 9.73. The molecule has 3 heteroatoms. The van der Waals surface area contributed by atoms with E-state index < -0.39 is 5.97 Å². The van der Waals surface area contributed by atoms with Gasteiger partial charge in [-0.05, 0) is 36.0 Å². The molecule has 1 N–H and O–H groups in total. The topological polar surface area (TPSA) is 40.5 Å². The van der Waals surface area contributed by atoms with Crippen LogP contribution in [0.3, 0.4) is 0 Å². The first-order chi connectivity index (χ1) is 9.67. The van der Waals surface area contributed by atoms with Crippen molar-refractivity contribution in [1.29, 1.82) is 0 Å². The molecule has 0 unspecified atom stereocenters. The monoisotopic (exact) mass is 273 g/mol. The minimum Gasteiger partial charge on any atom is -0.478 e. The van der Waals surface area contributed by atoms with Crippen LogP contribution >= 0.6 is 0 Å². The highest BCUT2D eigenvalue weighted by molar-refractivity contribution is 5.87. The Balaban J connectivity index is 1.54. The second-order valence-electron chi connectivity index (χ2n) is 6.56. The number of rotatable bonds is 3. The fourth-order valence-electron chi connectivity index (χ4n) is 3.82. The average Bonchev–Trinajstić information content (AvgIpc) is 2.65. The van der Waals surface area contributed by atoms with Crippen LogP contribution in [-0.2, 0) is 6.54 Å². The van der Waals surface area contributed by atoms with E-state index in [-0.39, 0.29) is 0 Å². The van der Waals surface area contributed by atoms with Crippen LogP contribution in [0.25, 0.3) is 0 Å². The molecule has 0 radical (unpaired) electrons. The van der Waals surface area contributed by atoms with Gasteiger partial charge in [-0.1, -0.05) is 37.8 Å². The lowest BCUT2D eigenvalue weighted by Crippen LogP contribution is -2.55. The fourth-order valence-corrected chi connectivity index (χ4v) is 3.82. The molecule has 0 bridgehead atoms. The first-order valence-corrected chi connectivity index (χ1v) is 7.72. The Morgan fingerprint density at radius 2 is 1.65 bits per heavy atom. The maximum Gasteiger partial charge on any atom is 0.335 e. The van der Waals surface area contributed by atoms with Gasteiger partial charge in [0.15, 0.2) is 0 Å². The molecule has 3 nitrogen and oxygen atoms in total. The predicted octanol–water partition coefficient (Wildman–Crippen LogP) is 3.54. The van der Waals surface area contributed by atoms with Crippen molar-refractivity contribution in [2.24, 2.45) is 5.41 Å². The van der Waals surface area contributed by atoms with Crippen molar-refractivity contribution in [3.05, 3.63) is 35.4 Å². The third-order valence-electron chi connectivity index (χ3n) is 4.89. The van der Waals surface area contributed by atoms with Gasteiger partial charge in [0.2, 0.25) is 0 Å². The summed E-state index contributed by atoms with van der Waals surface area (Å²) in [6, 6.07) is 7.31. The fraction of sp³-hybridized carbons (Fsp3) is 0.588. The molecule has 2 fully saturated rings. The Kier molecular flexibility index (Phi) is 3.79. The molecule has 0 amide bonds. The summed E-state index contributed by atoms with van der Waals surface area (Å²) in [4.78, 5) is 13.3. The number of hydrogen-bond donors (Lipinski definition) is 1. The zero-order valence-electron chi connectivity index (χ0n) is 12.0. The molecule has 3 rings (SSSR count). The zero-order valence-corrected chi connectivity index (χ0v) is 12.0. The molecule has 1 aromatic carbocycles. The van der Waals surface area contributed by atoms with E-state index in [1.54, 1.807) is 12.1 Å². The van der Waals surface area contributed by atoms with Gasteiger partial charge >= 0.3 is 5.97 Å². The Morgan fingerprint density at radius 1 is 1.05 bits per heavy atom. The predicted molar refractivity (Wildman–Crippen MR) is 78.8 cm³/mol. The van der Waals surface area contributed by atoms with Gasteiger partial charge in [-0.2, -0.15) is 0 Å². The minimum atomic E-state index is -0.849. The highest BCUT2D eigenvalue weighted by Crippen LogP contribution is 2.43. The third-order valence-corrected chi connectivity index (χ3v) is 4.89. The van der Waals surface area contributed by atoms with Gasteiger partial charge in [0, 0.05) is 19.6 Å². The second-order valence-corrected chi connectivity index (χ2v) is 6.56. The lowest BCUT2D eigenvalue weighted by Gasteiger charge is -2.50. The minimum absolute atomic E-state index is 0.373. The van der Waals surface area contributed by atoms with Crippen molar-refractivity contribution < 1.29 is 9.90 Å². The van der Waals surface area contributed by atoms with Gasteiger partial charge in [0.25, 0.3) is 0 Å². The SMILES string of the molecule is O=C(O)c1ccc(CN2CC3(CCCCCC3)C2)cc1. The highest BCUT2D eigenvalue weighted by atomic mass is 16.4. The van der Waals surface area contributed by atoms with Crippen LogP contribution in [-0.4, -0.2) is 29.1 Å². The zero-order chi connectivity index (χ0) is 14.0. The number of aromatic carboxylic acids is 1. The molecule has 1 spiro atoms. The smallest absolute Gasteiger partial charge is 0.335 e. The van der Waals surface area contributed by atoms with Crippen molar-refractivity contribution >= 4 is 5.97 Å². The Hall–Kier alpha value is -1.35. The second kappa shape index (κ2) is 5.57. The van der Waals surface area contributed by atoms with Crippen molar-refractivity contribution in [2.75, 3.05) is 13.1 Å². The van der Waals surface area contributed by atoms with Crippen LogP contribution in [0, 0.1) is 5.41 Å². The van der Waals surface area contributed by atoms with Crippen LogP contribution in [0.4, 0.5) is 0 Å². The Labute approximate surface area is 120 Å². The summed E-state index contributed by atoms with van der Waals surface area (Å²) in [6.45, 7) is 3.42. The summed E-state index contributed by atoms with van der Waals surface area (Å²) in [5.41, 5.74) is 2.20. The van der Waals surface area contributed by atoms with Gasteiger partial charge in [0.1, 0.15) is 0 Å². The third kappa shape index (κ3) is 2.88. The quantitative estimate of drug-likeness (QED) is 0.915. The van der Waals surface area contributed by atoms with Crippen LogP contribution in [0.15, 0.2) is 24.3 Å². The number of carboxylic acid groups (broad SMARTS) is 1. The largest absolute Gasteiger partial charge is 0.478 e. The Morgan fingerprint density at radius 3 is 2.20 bits per heavy atom. The number of carbonyl (C=O) groups is 1. The summed E-state index contributed by atoms with van der Waals surface area (Å²) >= 11 is 0. The number of likely N-dealkylation sites (tertiary alicyclic amines) is 1. The van der Waals surface area contributed by atoms with Crippen LogP contribution < -0.4 is 0 Å². The number of hydrogen-bond acceptors (Lipinski definition) is 2. The molecule has 0 aromatic heterocycles. The molecular weight excluding hydrogens is 250 g/mol. The molecule has 1 aliphatic heterocycles. The average molecular weight is 273 g/mol. The maximum atomic E-state index is 10.8. The first-order valence-electron chi connectivity index (χ1n) is 7.72. The molecular formula is C17H23NO2. The highest BCUT2D eigenvalue weighted by Gasteiger charge is 2.42. The first kappa shape index (κ1) is 13.6. The van der Waals surface area contributed by atoms with Gasteiger partial charge in [0.05, 0.1) is 5.56 Å². The van der Waals surface area contributed by atoms with Crippen molar-refractivity contribution in [3.8, 4) is 0 Å². The van der Waals surface area contributed by atoms with E-state index in [2.05, 4.69) is 4.90 Å². The van der Waals surface area contributed by atoms with Gasteiger partial charge in [-0.25, -0.2) is 4.79 Å². The molecule has 1 saturated carbocycles. The number of benzene rings is 1. The van der Waals surface area contributed by atoms with Gasteiger partial charge in [-0.15, -0.1) is 0 Å². The number of nitrogens with zero attached hydrogens (tertiary/aromatic N) is 1. The van der Waals surface area contributed by atoms with Gasteiger partial charge < -0.3 is 5.11 Å². The standard InChI is InChI=1S/C17H23NO2/c19-16(20)15-7-5-14(6-8-15)11-18-12-17(13-18)9-3-1-2-4-10-17/h5-8H,1-4,9-13H2,(H,19,20). The molecule has 1 aliphatic carbocycles. The van der Waals surface area contributed by atoms with Crippen LogP contribution in [0.5, 0.6) is 0 Å². The maximum absolute atomic E-state index is 10.8. The van der Waals surface area contributed by atoms with Crippen molar-refractivity contribution in [3.63, 3.8) is 0 Å². The normalized spacial score (nSPS) is 22.2. The molecule has 108 valence electrons. The van der Waals surface area contributed by atoms with E-state index in [0.717, 1.165) is 6.54 Å². The van der Waals surface area contributed by atoms with Crippen molar-refractivity contribution in [1.82, 2.24) is 4.90 Å². The van der Waals surface area contributed by atoms with E-state index in [9.17, 15) is 4.79 Å². The van der Waals surface area contributed by atoms with E-state index in [1.807, 2.05) is 12.1 Å². The summed E-state index contributed by atoms with van der Waals surface area (Å²) in [7, 11) is 0. The molecule has 20 heavy (non-hydrogen) atoms. The molecule has 1 heterocycles. The van der Waals surface area contributed by atoms with Crippen LogP contribution in [0.1, 0.15) is 54.4 Å². The van der Waals surface area contributed by atoms with E-state index >= 15 is 0 Å². The van der Waals surface area contributed by atoms with Crippen LogP contribution in [0.2, 0.25) is 0 Å². The molecule has 0 atom stereocenters. The van der Waals surface area contributed by atoms with Crippen molar-refractivity contribution in [2.45, 2.75) is 45.1 Å². The van der Waals surface area contributed by atoms with E-state index in [4.69, 9.17) is 5.11 Å².